The number of nitrogens with one attached hydrogen (secondary N) is 2. The van der Waals surface area contributed by atoms with Gasteiger partial charge in [-0.3, -0.25) is 14.8 Å². The summed E-state index contributed by atoms with van der Waals surface area (Å²) in [7, 11) is 0. The Morgan fingerprint density at radius 3 is 2.85 bits per heavy atom. The molecule has 2 aromatic heterocycles. The highest BCUT2D eigenvalue weighted by Gasteiger charge is 2.03. The minimum atomic E-state index is -0.679. The first kappa shape index (κ1) is 7.47. The molecule has 0 unspecified atom stereocenters. The van der Waals surface area contributed by atoms with Crippen LogP contribution in [0.1, 0.15) is 0 Å². The van der Waals surface area contributed by atoms with Crippen LogP contribution in [0.2, 0.25) is 0 Å². The van der Waals surface area contributed by atoms with Crippen LogP contribution < -0.4 is 11.2 Å². The summed E-state index contributed by atoms with van der Waals surface area (Å²) in [5.41, 5.74) is -1.38. The third-order valence-corrected chi connectivity index (χ3v) is 1.43. The average Bonchev–Trinajstić information content (AvgIpc) is 2.06. The summed E-state index contributed by atoms with van der Waals surface area (Å²) >= 11 is 0. The lowest BCUT2D eigenvalue weighted by Crippen LogP contribution is -2.23. The molecule has 66 valence electrons. The molecule has 2 rings (SSSR count). The first-order chi connectivity index (χ1) is 6.16. The second-order valence-electron chi connectivity index (χ2n) is 2.33. The molecule has 0 saturated carbocycles. The van der Waals surface area contributed by atoms with Crippen molar-refractivity contribution >= 4 is 11.2 Å². The zero-order chi connectivity index (χ0) is 9.42. The largest absolute Gasteiger partial charge is 0.492 e. The molecule has 0 aliphatic heterocycles. The van der Waals surface area contributed by atoms with Crippen LogP contribution in [-0.4, -0.2) is 25.0 Å². The van der Waals surface area contributed by atoms with Crippen molar-refractivity contribution in [3.8, 4) is 5.88 Å². The fraction of sp³-hybridized carbons (Fsp3) is 0. The minimum absolute atomic E-state index is 0.0477. The summed E-state index contributed by atoms with van der Waals surface area (Å²) in [6.07, 6.45) is 1.04. The Morgan fingerprint density at radius 2 is 2.08 bits per heavy atom. The normalized spacial score (nSPS) is 10.5. The first-order valence-electron chi connectivity index (χ1n) is 3.35. The third kappa shape index (κ3) is 1.15. The number of rotatable bonds is 0. The van der Waals surface area contributed by atoms with Crippen LogP contribution in [0.15, 0.2) is 15.8 Å². The third-order valence-electron chi connectivity index (χ3n) is 1.43. The maximum absolute atomic E-state index is 11.1. The van der Waals surface area contributed by atoms with E-state index in [1.807, 2.05) is 4.98 Å². The van der Waals surface area contributed by atoms with Gasteiger partial charge in [-0.2, -0.15) is 0 Å². The number of aromatic nitrogens is 4. The monoisotopic (exact) mass is 180 g/mol. The molecule has 0 amide bonds. The van der Waals surface area contributed by atoms with Gasteiger partial charge in [-0.25, -0.2) is 14.8 Å². The Kier molecular flexibility index (Phi) is 1.38. The number of aromatic hydroxyl groups is 1. The van der Waals surface area contributed by atoms with Crippen LogP contribution in [0.4, 0.5) is 0 Å². The van der Waals surface area contributed by atoms with Gasteiger partial charge in [0.25, 0.3) is 5.56 Å². The van der Waals surface area contributed by atoms with Gasteiger partial charge in [0, 0.05) is 0 Å². The van der Waals surface area contributed by atoms with Crippen molar-refractivity contribution in [1.82, 2.24) is 19.9 Å². The van der Waals surface area contributed by atoms with Crippen molar-refractivity contribution in [3.05, 3.63) is 27.0 Å². The van der Waals surface area contributed by atoms with Crippen LogP contribution in [0.3, 0.4) is 0 Å². The number of fused-ring (bicyclic) bond motifs is 1. The van der Waals surface area contributed by atoms with Crippen molar-refractivity contribution in [3.63, 3.8) is 0 Å². The standard InChI is InChI=1S/C6H4N4O3/c11-2-1-7-4-3(8-2)5(12)10-6(13)9-4/h1H,(H,8,11)(H2,7,9,10,12,13). The van der Waals surface area contributed by atoms with E-state index in [4.69, 9.17) is 5.11 Å². The van der Waals surface area contributed by atoms with Gasteiger partial charge in [0.15, 0.2) is 11.2 Å². The molecule has 0 fully saturated rings. The van der Waals surface area contributed by atoms with E-state index in [1.165, 1.54) is 0 Å². The van der Waals surface area contributed by atoms with Crippen LogP contribution in [0, 0.1) is 0 Å². The lowest BCUT2D eigenvalue weighted by molar-refractivity contribution is 0.453. The summed E-state index contributed by atoms with van der Waals surface area (Å²) in [5, 5.41) is 8.91. The van der Waals surface area contributed by atoms with E-state index in [2.05, 4.69) is 15.0 Å². The molecule has 7 nitrogen and oxygen atoms in total. The second-order valence-corrected chi connectivity index (χ2v) is 2.33. The smallest absolute Gasteiger partial charge is 0.327 e. The Labute approximate surface area is 70.1 Å². The van der Waals surface area contributed by atoms with Crippen LogP contribution in [0.25, 0.3) is 11.2 Å². The molecule has 0 spiro atoms. The summed E-state index contributed by atoms with van der Waals surface area (Å²) in [6, 6.07) is 0. The van der Waals surface area contributed by atoms with E-state index in [-0.39, 0.29) is 17.0 Å². The molecule has 2 aromatic rings. The summed E-state index contributed by atoms with van der Waals surface area (Å²) in [6.45, 7) is 0. The van der Waals surface area contributed by atoms with Crippen molar-refractivity contribution in [2.24, 2.45) is 0 Å². The van der Waals surface area contributed by atoms with Gasteiger partial charge < -0.3 is 5.11 Å². The van der Waals surface area contributed by atoms with Gasteiger partial charge in [0.05, 0.1) is 6.20 Å². The highest BCUT2D eigenvalue weighted by atomic mass is 16.3. The van der Waals surface area contributed by atoms with E-state index in [9.17, 15) is 9.59 Å². The summed E-state index contributed by atoms with van der Waals surface area (Å²) in [4.78, 5) is 33.1. The molecule has 3 N–H and O–H groups in total. The minimum Gasteiger partial charge on any atom is -0.492 e. The average molecular weight is 180 g/mol. The SMILES string of the molecule is O=c1[nH]c(=O)c2nc(O)cnc2[nH]1. The van der Waals surface area contributed by atoms with E-state index < -0.39 is 11.2 Å². The lowest BCUT2D eigenvalue weighted by atomic mass is 10.5. The van der Waals surface area contributed by atoms with Gasteiger partial charge in [0.1, 0.15) is 0 Å². The fourth-order valence-corrected chi connectivity index (χ4v) is 0.931. The topological polar surface area (TPSA) is 112 Å². The lowest BCUT2D eigenvalue weighted by Gasteiger charge is -1.93. The van der Waals surface area contributed by atoms with Crippen molar-refractivity contribution in [1.29, 1.82) is 0 Å². The van der Waals surface area contributed by atoms with E-state index >= 15 is 0 Å². The Bertz CT molecular complexity index is 570. The predicted octanol–water partition coefficient (Wildman–Crippen LogP) is -1.29. The van der Waals surface area contributed by atoms with E-state index in [1.54, 1.807) is 0 Å². The quantitative estimate of drug-likeness (QED) is 0.467. The van der Waals surface area contributed by atoms with Crippen molar-refractivity contribution in [2.75, 3.05) is 0 Å². The molecule has 2 heterocycles. The Balaban J connectivity index is 3.04. The van der Waals surface area contributed by atoms with Gasteiger partial charge in [-0.05, 0) is 0 Å². The van der Waals surface area contributed by atoms with Gasteiger partial charge in [0.2, 0.25) is 5.88 Å². The molecule has 7 heteroatoms. The van der Waals surface area contributed by atoms with E-state index in [0.29, 0.717) is 0 Å². The molecule has 0 aromatic carbocycles. The van der Waals surface area contributed by atoms with Crippen LogP contribution in [0.5, 0.6) is 5.88 Å². The molecule has 0 radical (unpaired) electrons. The summed E-state index contributed by atoms with van der Waals surface area (Å²) < 4.78 is 0. The molecular weight excluding hydrogens is 176 g/mol. The van der Waals surface area contributed by atoms with Gasteiger partial charge in [-0.1, -0.05) is 0 Å². The first-order valence-corrected chi connectivity index (χ1v) is 3.35. The zero-order valence-corrected chi connectivity index (χ0v) is 6.24. The number of hydrogen-bond donors (Lipinski definition) is 3. The van der Waals surface area contributed by atoms with Gasteiger partial charge in [-0.15, -0.1) is 0 Å². The molecule has 0 aliphatic rings. The second kappa shape index (κ2) is 2.41. The number of H-pyrrole nitrogens is 2. The van der Waals surface area contributed by atoms with Crippen LogP contribution in [-0.2, 0) is 0 Å². The summed E-state index contributed by atoms with van der Waals surface area (Å²) in [5.74, 6) is -0.370. The fourth-order valence-electron chi connectivity index (χ4n) is 0.931. The predicted molar refractivity (Wildman–Crippen MR) is 42.4 cm³/mol. The highest BCUT2D eigenvalue weighted by Crippen LogP contribution is 2.03. The number of hydrogen-bond acceptors (Lipinski definition) is 5. The van der Waals surface area contributed by atoms with E-state index in [0.717, 1.165) is 6.20 Å². The zero-order valence-electron chi connectivity index (χ0n) is 6.24. The Hall–Kier alpha value is -2.18. The molecule has 13 heavy (non-hydrogen) atoms. The molecular formula is C6H4N4O3. The maximum Gasteiger partial charge on any atom is 0.327 e. The number of aromatic amines is 2. The molecule has 0 aliphatic carbocycles. The highest BCUT2D eigenvalue weighted by molar-refractivity contribution is 5.67. The van der Waals surface area contributed by atoms with Crippen molar-refractivity contribution < 1.29 is 5.11 Å². The molecule has 0 saturated heterocycles. The molecule has 0 atom stereocenters. The molecule has 0 bridgehead atoms. The number of nitrogens with zero attached hydrogens (tertiary/aromatic N) is 2. The van der Waals surface area contributed by atoms with Crippen molar-refractivity contribution in [2.45, 2.75) is 0 Å². The maximum atomic E-state index is 11.1. The van der Waals surface area contributed by atoms with Gasteiger partial charge >= 0.3 is 5.69 Å². The van der Waals surface area contributed by atoms with Crippen LogP contribution >= 0.6 is 0 Å². The Morgan fingerprint density at radius 1 is 1.31 bits per heavy atom.